The zero-order chi connectivity index (χ0) is 22.8. The molecule has 166 valence electrons. The molecule has 0 aliphatic carbocycles. The minimum Gasteiger partial charge on any atom is -0.493 e. The van der Waals surface area contributed by atoms with E-state index >= 15 is 4.39 Å². The summed E-state index contributed by atoms with van der Waals surface area (Å²) >= 11 is 0. The third-order valence-corrected chi connectivity index (χ3v) is 4.89. The number of carboxylic acid groups (broad SMARTS) is 1. The standard InChI is InChI=1S/C22H21FN4O5/c1-11-5-13-15(26-11)3-4-16(21(13)23)27-22-14-7-18(31-2)19(8-17(14)24-10-25-22)32-9-12(28)6-20(29)30/h3-5,7-8,10,12,26,28H,6,9H2,1-2H3,(H,29,30)(H,24,25,27). The van der Waals surface area contributed by atoms with E-state index < -0.39 is 24.3 Å². The number of ether oxygens (including phenoxy) is 2. The van der Waals surface area contributed by atoms with Crippen LogP contribution < -0.4 is 14.8 Å². The van der Waals surface area contributed by atoms with Gasteiger partial charge in [-0.05, 0) is 31.2 Å². The molecule has 0 bridgehead atoms. The topological polar surface area (TPSA) is 130 Å². The Morgan fingerprint density at radius 2 is 2.03 bits per heavy atom. The molecule has 0 spiro atoms. The van der Waals surface area contributed by atoms with Crippen molar-refractivity contribution in [3.8, 4) is 11.5 Å². The molecule has 0 amide bonds. The summed E-state index contributed by atoms with van der Waals surface area (Å²) in [5.41, 5.74) is 2.30. The van der Waals surface area contributed by atoms with Crippen molar-refractivity contribution in [2.45, 2.75) is 19.4 Å². The van der Waals surface area contributed by atoms with E-state index in [-0.39, 0.29) is 18.0 Å². The second-order valence-electron chi connectivity index (χ2n) is 7.27. The Kier molecular flexibility index (Phi) is 5.78. The summed E-state index contributed by atoms with van der Waals surface area (Å²) in [6.07, 6.45) is -0.287. The van der Waals surface area contributed by atoms with Crippen molar-refractivity contribution < 1.29 is 28.9 Å². The monoisotopic (exact) mass is 440 g/mol. The summed E-state index contributed by atoms with van der Waals surface area (Å²) in [5, 5.41) is 22.6. The average molecular weight is 440 g/mol. The molecule has 2 aromatic heterocycles. The fourth-order valence-corrected chi connectivity index (χ4v) is 3.41. The average Bonchev–Trinajstić information content (AvgIpc) is 3.14. The van der Waals surface area contributed by atoms with E-state index in [1.54, 1.807) is 30.3 Å². The van der Waals surface area contributed by atoms with Gasteiger partial charge in [0.15, 0.2) is 17.3 Å². The number of nitrogens with zero attached hydrogens (tertiary/aromatic N) is 2. The first-order chi connectivity index (χ1) is 15.4. The molecule has 32 heavy (non-hydrogen) atoms. The molecule has 0 saturated heterocycles. The number of anilines is 2. The van der Waals surface area contributed by atoms with E-state index in [0.717, 1.165) is 5.69 Å². The predicted molar refractivity (Wildman–Crippen MR) is 116 cm³/mol. The van der Waals surface area contributed by atoms with Crippen LogP contribution >= 0.6 is 0 Å². The number of hydrogen-bond acceptors (Lipinski definition) is 7. The number of H-pyrrole nitrogens is 1. The van der Waals surface area contributed by atoms with Crippen molar-refractivity contribution >= 4 is 39.3 Å². The van der Waals surface area contributed by atoms with Crippen LogP contribution in [0.15, 0.2) is 36.7 Å². The smallest absolute Gasteiger partial charge is 0.306 e. The van der Waals surface area contributed by atoms with Gasteiger partial charge in [-0.25, -0.2) is 14.4 Å². The number of carboxylic acids is 1. The largest absolute Gasteiger partial charge is 0.493 e. The van der Waals surface area contributed by atoms with Gasteiger partial charge in [-0.15, -0.1) is 0 Å². The van der Waals surface area contributed by atoms with Gasteiger partial charge in [0.2, 0.25) is 0 Å². The highest BCUT2D eigenvalue weighted by Crippen LogP contribution is 2.35. The third-order valence-electron chi connectivity index (χ3n) is 4.89. The number of hydrogen-bond donors (Lipinski definition) is 4. The summed E-state index contributed by atoms with van der Waals surface area (Å²) in [6, 6.07) is 8.36. The number of methoxy groups -OCH3 is 1. The second kappa shape index (κ2) is 8.67. The molecule has 0 saturated carbocycles. The number of aliphatic carboxylic acids is 1. The van der Waals surface area contributed by atoms with Gasteiger partial charge in [-0.3, -0.25) is 4.79 Å². The zero-order valence-electron chi connectivity index (χ0n) is 17.3. The Labute approximate surface area is 181 Å². The number of aryl methyl sites for hydroxylation is 1. The van der Waals surface area contributed by atoms with Crippen molar-refractivity contribution in [3.05, 3.63) is 48.2 Å². The molecule has 0 fully saturated rings. The normalized spacial score (nSPS) is 12.1. The molecular formula is C22H21FN4O5. The van der Waals surface area contributed by atoms with Gasteiger partial charge in [-0.2, -0.15) is 0 Å². The lowest BCUT2D eigenvalue weighted by atomic mass is 10.2. The van der Waals surface area contributed by atoms with Crippen LogP contribution in [0.1, 0.15) is 12.1 Å². The molecule has 4 aromatic rings. The molecule has 0 aliphatic rings. The number of fused-ring (bicyclic) bond motifs is 2. The minimum atomic E-state index is -1.18. The van der Waals surface area contributed by atoms with Crippen LogP contribution in [0.5, 0.6) is 11.5 Å². The van der Waals surface area contributed by atoms with Gasteiger partial charge >= 0.3 is 5.97 Å². The van der Waals surface area contributed by atoms with Crippen LogP contribution in [0.3, 0.4) is 0 Å². The number of aliphatic hydroxyl groups is 1. The van der Waals surface area contributed by atoms with E-state index in [2.05, 4.69) is 20.3 Å². The highest BCUT2D eigenvalue weighted by molar-refractivity contribution is 5.94. The maximum absolute atomic E-state index is 15.0. The fraction of sp³-hybridized carbons (Fsp3) is 0.227. The van der Waals surface area contributed by atoms with Crippen molar-refractivity contribution in [1.29, 1.82) is 0 Å². The maximum Gasteiger partial charge on any atom is 0.306 e. The molecular weight excluding hydrogens is 419 g/mol. The van der Waals surface area contributed by atoms with Gasteiger partial charge in [-0.1, -0.05) is 0 Å². The number of aliphatic hydroxyl groups excluding tert-OH is 1. The Morgan fingerprint density at radius 1 is 1.22 bits per heavy atom. The molecule has 1 unspecified atom stereocenters. The molecule has 0 aliphatic heterocycles. The number of nitrogens with one attached hydrogen (secondary N) is 2. The van der Waals surface area contributed by atoms with Crippen LogP contribution in [0.4, 0.5) is 15.9 Å². The zero-order valence-corrected chi connectivity index (χ0v) is 17.3. The Hall–Kier alpha value is -3.92. The van der Waals surface area contributed by atoms with E-state index in [1.807, 2.05) is 6.92 Å². The second-order valence-corrected chi connectivity index (χ2v) is 7.27. The predicted octanol–water partition coefficient (Wildman–Crippen LogP) is 3.53. The number of benzene rings is 2. The van der Waals surface area contributed by atoms with Gasteiger partial charge in [0.25, 0.3) is 0 Å². The summed E-state index contributed by atoms with van der Waals surface area (Å²) in [7, 11) is 1.44. The SMILES string of the molecule is COc1cc2c(Nc3ccc4[nH]c(C)cc4c3F)ncnc2cc1OCC(O)CC(=O)O. The fourth-order valence-electron chi connectivity index (χ4n) is 3.41. The minimum absolute atomic E-state index is 0.230. The van der Waals surface area contributed by atoms with E-state index in [1.165, 1.54) is 13.4 Å². The van der Waals surface area contributed by atoms with Crippen LogP contribution in [0.25, 0.3) is 21.8 Å². The highest BCUT2D eigenvalue weighted by Gasteiger charge is 2.16. The first-order valence-electron chi connectivity index (χ1n) is 9.76. The van der Waals surface area contributed by atoms with Crippen LogP contribution in [0.2, 0.25) is 0 Å². The maximum atomic E-state index is 15.0. The Bertz CT molecular complexity index is 1310. The van der Waals surface area contributed by atoms with E-state index in [9.17, 15) is 9.90 Å². The van der Waals surface area contributed by atoms with E-state index in [0.29, 0.717) is 33.4 Å². The quantitative estimate of drug-likeness (QED) is 0.327. The van der Waals surface area contributed by atoms with Crippen molar-refractivity contribution in [3.63, 3.8) is 0 Å². The van der Waals surface area contributed by atoms with Crippen molar-refractivity contribution in [2.75, 3.05) is 19.0 Å². The number of aromatic nitrogens is 3. The number of aromatic amines is 1. The lowest BCUT2D eigenvalue weighted by Crippen LogP contribution is -2.21. The summed E-state index contributed by atoms with van der Waals surface area (Å²) in [6.45, 7) is 1.63. The van der Waals surface area contributed by atoms with Crippen molar-refractivity contribution in [1.82, 2.24) is 15.0 Å². The Morgan fingerprint density at radius 3 is 2.78 bits per heavy atom. The molecule has 0 radical (unpaired) electrons. The molecule has 4 rings (SSSR count). The first kappa shape index (κ1) is 21.3. The van der Waals surface area contributed by atoms with Crippen LogP contribution in [-0.2, 0) is 4.79 Å². The lowest BCUT2D eigenvalue weighted by molar-refractivity contribution is -0.139. The van der Waals surface area contributed by atoms with Gasteiger partial charge < -0.3 is 30.0 Å². The number of carbonyl (C=O) groups is 1. The highest BCUT2D eigenvalue weighted by atomic mass is 19.1. The van der Waals surface area contributed by atoms with Gasteiger partial charge in [0, 0.05) is 28.0 Å². The number of rotatable bonds is 8. The molecule has 2 heterocycles. The molecule has 1 atom stereocenters. The van der Waals surface area contributed by atoms with Gasteiger partial charge in [0.1, 0.15) is 18.8 Å². The molecule has 10 heteroatoms. The molecule has 4 N–H and O–H groups in total. The summed E-state index contributed by atoms with van der Waals surface area (Å²) < 4.78 is 25.9. The van der Waals surface area contributed by atoms with Gasteiger partial charge in [0.05, 0.1) is 30.8 Å². The molecule has 9 nitrogen and oxygen atoms in total. The summed E-state index contributed by atoms with van der Waals surface area (Å²) in [4.78, 5) is 22.3. The summed E-state index contributed by atoms with van der Waals surface area (Å²) in [5.74, 6) is -0.552. The Balaban J connectivity index is 1.66. The van der Waals surface area contributed by atoms with Crippen LogP contribution in [-0.4, -0.2) is 51.0 Å². The lowest BCUT2D eigenvalue weighted by Gasteiger charge is -2.15. The van der Waals surface area contributed by atoms with Crippen LogP contribution in [0, 0.1) is 12.7 Å². The van der Waals surface area contributed by atoms with Crippen molar-refractivity contribution in [2.24, 2.45) is 0 Å². The van der Waals surface area contributed by atoms with E-state index in [4.69, 9.17) is 14.6 Å². The first-order valence-corrected chi connectivity index (χ1v) is 9.76. The third kappa shape index (κ3) is 4.26. The number of halogens is 1. The molecule has 2 aromatic carbocycles.